The number of alkyl halides is 3. The van der Waals surface area contributed by atoms with E-state index in [1.165, 1.54) is 0 Å². The van der Waals surface area contributed by atoms with Gasteiger partial charge in [0.1, 0.15) is 0 Å². The van der Waals surface area contributed by atoms with E-state index in [-0.39, 0.29) is 10.7 Å². The molecule has 2 amide bonds. The van der Waals surface area contributed by atoms with Crippen LogP contribution in [-0.4, -0.2) is 17.5 Å². The van der Waals surface area contributed by atoms with E-state index >= 15 is 0 Å². The molecule has 0 spiro atoms. The number of nitrogens with one attached hydrogen (secondary N) is 2. The van der Waals surface area contributed by atoms with Crippen molar-refractivity contribution in [3.05, 3.63) is 63.1 Å². The van der Waals surface area contributed by atoms with Crippen molar-refractivity contribution in [2.45, 2.75) is 13.1 Å². The Morgan fingerprint density at radius 1 is 1.07 bits per heavy atom. The maximum Gasteiger partial charge on any atom is 0.416 e. The summed E-state index contributed by atoms with van der Waals surface area (Å²) in [6.07, 6.45) is -4.61. The molecule has 0 bridgehead atoms. The zero-order valence-corrected chi connectivity index (χ0v) is 16.0. The molecule has 142 valence electrons. The standard InChI is InChI=1S/C17H12BrClF3N3O2/c1-9(10-2-5-12(18)6-3-10)24-25-16(27)15(26)23-14-8-11(17(20,21)22)4-7-13(14)19/h2-8H,1H3,(H,23,26)(H,25,27)/b24-9+. The molecule has 2 aromatic carbocycles. The molecule has 0 aromatic heterocycles. The Balaban J connectivity index is 2.07. The molecule has 0 atom stereocenters. The Bertz CT molecular complexity index is 899. The van der Waals surface area contributed by atoms with Crippen LogP contribution in [0.5, 0.6) is 0 Å². The van der Waals surface area contributed by atoms with Crippen LogP contribution in [0.4, 0.5) is 18.9 Å². The normalized spacial score (nSPS) is 11.9. The van der Waals surface area contributed by atoms with E-state index < -0.39 is 23.6 Å². The smallest absolute Gasteiger partial charge is 0.316 e. The third-order valence-corrected chi connectivity index (χ3v) is 4.19. The minimum absolute atomic E-state index is 0.140. The molecule has 0 fully saturated rings. The minimum Gasteiger partial charge on any atom is -0.316 e. The van der Waals surface area contributed by atoms with Crippen LogP contribution in [0, 0.1) is 0 Å². The quantitative estimate of drug-likeness (QED) is 0.398. The molecule has 27 heavy (non-hydrogen) atoms. The van der Waals surface area contributed by atoms with E-state index in [9.17, 15) is 22.8 Å². The first-order valence-corrected chi connectivity index (χ1v) is 8.53. The average Bonchev–Trinajstić information content (AvgIpc) is 2.60. The van der Waals surface area contributed by atoms with Crippen LogP contribution in [0.15, 0.2) is 52.0 Å². The van der Waals surface area contributed by atoms with Gasteiger partial charge < -0.3 is 5.32 Å². The number of hydrogen-bond donors (Lipinski definition) is 2. The molecule has 2 rings (SSSR count). The first kappa shape index (κ1) is 20.9. The lowest BCUT2D eigenvalue weighted by Crippen LogP contribution is -2.33. The summed E-state index contributed by atoms with van der Waals surface area (Å²) in [5.41, 5.74) is 1.84. The molecule has 2 aromatic rings. The summed E-state index contributed by atoms with van der Waals surface area (Å²) in [5, 5.41) is 5.69. The van der Waals surface area contributed by atoms with Gasteiger partial charge in [-0.1, -0.05) is 39.7 Å². The Morgan fingerprint density at radius 2 is 1.70 bits per heavy atom. The van der Waals surface area contributed by atoms with Gasteiger partial charge in [-0.15, -0.1) is 0 Å². The average molecular weight is 463 g/mol. The highest BCUT2D eigenvalue weighted by Gasteiger charge is 2.31. The summed E-state index contributed by atoms with van der Waals surface area (Å²) in [6.45, 7) is 1.62. The number of carbonyl (C=O) groups excluding carboxylic acids is 2. The Hall–Kier alpha value is -2.39. The van der Waals surface area contributed by atoms with Gasteiger partial charge in [-0.3, -0.25) is 9.59 Å². The second-order valence-corrected chi connectivity index (χ2v) is 6.61. The largest absolute Gasteiger partial charge is 0.416 e. The van der Waals surface area contributed by atoms with Crippen molar-refractivity contribution in [2.75, 3.05) is 5.32 Å². The fourth-order valence-corrected chi connectivity index (χ4v) is 2.35. The summed E-state index contributed by atoms with van der Waals surface area (Å²) in [6, 6.07) is 9.44. The van der Waals surface area contributed by atoms with Crippen LogP contribution in [0.25, 0.3) is 0 Å². The van der Waals surface area contributed by atoms with Crippen LogP contribution in [-0.2, 0) is 15.8 Å². The second kappa shape index (κ2) is 8.53. The molecule has 0 aliphatic heterocycles. The zero-order chi connectivity index (χ0) is 20.2. The number of hydrogen-bond acceptors (Lipinski definition) is 3. The summed E-state index contributed by atoms with van der Waals surface area (Å²) < 4.78 is 39.1. The van der Waals surface area contributed by atoms with Gasteiger partial charge in [0.15, 0.2) is 0 Å². The van der Waals surface area contributed by atoms with Gasteiger partial charge in [0, 0.05) is 4.47 Å². The molecule has 0 aliphatic rings. The second-order valence-electron chi connectivity index (χ2n) is 5.29. The van der Waals surface area contributed by atoms with E-state index in [0.29, 0.717) is 17.3 Å². The number of anilines is 1. The lowest BCUT2D eigenvalue weighted by atomic mass is 10.1. The van der Waals surface area contributed by atoms with Gasteiger partial charge in [0.2, 0.25) is 0 Å². The molecule has 0 aliphatic carbocycles. The summed E-state index contributed by atoms with van der Waals surface area (Å²) in [5.74, 6) is -2.36. The lowest BCUT2D eigenvalue weighted by molar-refractivity contribution is -0.137. The van der Waals surface area contributed by atoms with E-state index in [0.717, 1.165) is 16.6 Å². The predicted molar refractivity (Wildman–Crippen MR) is 99.6 cm³/mol. The first-order valence-electron chi connectivity index (χ1n) is 7.36. The molecular formula is C17H12BrClF3N3O2. The van der Waals surface area contributed by atoms with Crippen molar-refractivity contribution < 1.29 is 22.8 Å². The Kier molecular flexibility index (Phi) is 6.61. The van der Waals surface area contributed by atoms with Crippen molar-refractivity contribution in [3.8, 4) is 0 Å². The summed E-state index contributed by atoms with van der Waals surface area (Å²) in [4.78, 5) is 23.7. The van der Waals surface area contributed by atoms with E-state index in [2.05, 4.69) is 21.0 Å². The van der Waals surface area contributed by atoms with Crippen LogP contribution < -0.4 is 10.7 Å². The minimum atomic E-state index is -4.61. The number of amides is 2. The van der Waals surface area contributed by atoms with Gasteiger partial charge in [-0.05, 0) is 42.8 Å². The number of halogens is 5. The van der Waals surface area contributed by atoms with Crippen molar-refractivity contribution >= 4 is 50.7 Å². The van der Waals surface area contributed by atoms with Crippen LogP contribution in [0.3, 0.4) is 0 Å². The van der Waals surface area contributed by atoms with Gasteiger partial charge in [0.25, 0.3) is 0 Å². The lowest BCUT2D eigenvalue weighted by Gasteiger charge is -2.11. The highest BCUT2D eigenvalue weighted by molar-refractivity contribution is 9.10. The fraction of sp³-hybridized carbons (Fsp3) is 0.118. The van der Waals surface area contributed by atoms with E-state index in [1.54, 1.807) is 31.2 Å². The molecule has 2 N–H and O–H groups in total. The number of rotatable bonds is 3. The maximum atomic E-state index is 12.7. The Morgan fingerprint density at radius 3 is 2.30 bits per heavy atom. The van der Waals surface area contributed by atoms with E-state index in [1.807, 2.05) is 10.7 Å². The SMILES string of the molecule is C/C(=N\NC(=O)C(=O)Nc1cc(C(F)(F)F)ccc1Cl)c1ccc(Br)cc1. The summed E-state index contributed by atoms with van der Waals surface area (Å²) >= 11 is 9.06. The first-order chi connectivity index (χ1) is 12.6. The molecule has 0 saturated carbocycles. The van der Waals surface area contributed by atoms with Crippen molar-refractivity contribution in [2.24, 2.45) is 5.10 Å². The van der Waals surface area contributed by atoms with Gasteiger partial charge in [-0.2, -0.15) is 18.3 Å². The topological polar surface area (TPSA) is 70.6 Å². The van der Waals surface area contributed by atoms with Crippen LogP contribution in [0.2, 0.25) is 5.02 Å². The summed E-state index contributed by atoms with van der Waals surface area (Å²) in [7, 11) is 0. The highest BCUT2D eigenvalue weighted by atomic mass is 79.9. The van der Waals surface area contributed by atoms with Gasteiger partial charge in [-0.25, -0.2) is 5.43 Å². The van der Waals surface area contributed by atoms with Gasteiger partial charge >= 0.3 is 18.0 Å². The third-order valence-electron chi connectivity index (χ3n) is 3.34. The highest BCUT2D eigenvalue weighted by Crippen LogP contribution is 2.33. The fourth-order valence-electron chi connectivity index (χ4n) is 1.92. The van der Waals surface area contributed by atoms with Crippen molar-refractivity contribution in [1.29, 1.82) is 0 Å². The van der Waals surface area contributed by atoms with Crippen LogP contribution in [0.1, 0.15) is 18.1 Å². The number of carbonyl (C=O) groups is 2. The van der Waals surface area contributed by atoms with Crippen LogP contribution >= 0.6 is 27.5 Å². The number of nitrogens with zero attached hydrogens (tertiary/aromatic N) is 1. The molecular weight excluding hydrogens is 451 g/mol. The molecule has 0 heterocycles. The van der Waals surface area contributed by atoms with Crippen molar-refractivity contribution in [3.63, 3.8) is 0 Å². The van der Waals surface area contributed by atoms with E-state index in [4.69, 9.17) is 11.6 Å². The molecule has 10 heteroatoms. The monoisotopic (exact) mass is 461 g/mol. The Labute approximate surface area is 165 Å². The predicted octanol–water partition coefficient (Wildman–Crippen LogP) is 4.60. The molecule has 5 nitrogen and oxygen atoms in total. The van der Waals surface area contributed by atoms with Crippen molar-refractivity contribution in [1.82, 2.24) is 5.43 Å². The molecule has 0 radical (unpaired) electrons. The zero-order valence-electron chi connectivity index (χ0n) is 13.7. The molecule has 0 unspecified atom stereocenters. The molecule has 0 saturated heterocycles. The third kappa shape index (κ3) is 5.80. The van der Waals surface area contributed by atoms with Gasteiger partial charge in [0.05, 0.1) is 22.0 Å². The number of hydrazone groups is 1. The maximum absolute atomic E-state index is 12.7. The number of benzene rings is 2.